The fourth-order valence-corrected chi connectivity index (χ4v) is 3.16. The van der Waals surface area contributed by atoms with Gasteiger partial charge in [-0.15, -0.1) is 0 Å². The van der Waals surface area contributed by atoms with Crippen molar-refractivity contribution in [1.82, 2.24) is 5.32 Å². The molecule has 3 nitrogen and oxygen atoms in total. The van der Waals surface area contributed by atoms with Crippen LogP contribution in [0.15, 0.2) is 0 Å². The van der Waals surface area contributed by atoms with Crippen LogP contribution in [-0.2, 0) is 4.79 Å². The van der Waals surface area contributed by atoms with Gasteiger partial charge in [0.15, 0.2) is 0 Å². The van der Waals surface area contributed by atoms with Gasteiger partial charge in [-0.3, -0.25) is 4.79 Å². The van der Waals surface area contributed by atoms with Crippen molar-refractivity contribution in [2.75, 3.05) is 0 Å². The van der Waals surface area contributed by atoms with Gasteiger partial charge in [0.05, 0.1) is 10.9 Å². The zero-order valence-electron chi connectivity index (χ0n) is 11.0. The molecule has 3 N–H and O–H groups in total. The maximum Gasteiger partial charge on any atom is 0.230 e. The molecule has 3 atom stereocenters. The number of nitrogens with two attached hydrogens (primary N) is 1. The molecule has 1 rings (SSSR count). The van der Waals surface area contributed by atoms with E-state index in [1.807, 2.05) is 6.92 Å². The molecule has 0 aliphatic heterocycles. The highest BCUT2D eigenvalue weighted by molar-refractivity contribution is 7.80. The Morgan fingerprint density at radius 3 is 2.29 bits per heavy atom. The number of thiocarbonyl (C=S) groups is 1. The lowest BCUT2D eigenvalue weighted by Crippen LogP contribution is -2.45. The summed E-state index contributed by atoms with van der Waals surface area (Å²) in [6.45, 7) is 6.44. The highest BCUT2D eigenvalue weighted by Gasteiger charge is 2.27. The van der Waals surface area contributed by atoms with Crippen LogP contribution in [0.4, 0.5) is 0 Å². The van der Waals surface area contributed by atoms with Gasteiger partial charge in [0.1, 0.15) is 0 Å². The van der Waals surface area contributed by atoms with E-state index in [0.29, 0.717) is 29.3 Å². The molecule has 4 heteroatoms. The molecule has 0 bridgehead atoms. The van der Waals surface area contributed by atoms with E-state index in [-0.39, 0.29) is 11.8 Å². The second kappa shape index (κ2) is 6.34. The molecule has 1 amide bonds. The molecule has 0 spiro atoms. The van der Waals surface area contributed by atoms with Gasteiger partial charge in [0.25, 0.3) is 0 Å². The van der Waals surface area contributed by atoms with Gasteiger partial charge in [-0.25, -0.2) is 0 Å². The van der Waals surface area contributed by atoms with Crippen LogP contribution in [-0.4, -0.2) is 16.9 Å². The van der Waals surface area contributed by atoms with Gasteiger partial charge in [0, 0.05) is 6.04 Å². The maximum atomic E-state index is 12.0. The van der Waals surface area contributed by atoms with Gasteiger partial charge in [-0.1, -0.05) is 33.0 Å². The van der Waals surface area contributed by atoms with Crippen LogP contribution in [0.3, 0.4) is 0 Å². The number of hydrogen-bond acceptors (Lipinski definition) is 2. The highest BCUT2D eigenvalue weighted by Crippen LogP contribution is 2.28. The average Bonchev–Trinajstić information content (AvgIpc) is 2.15. The summed E-state index contributed by atoms with van der Waals surface area (Å²) in [6, 6.07) is 0.296. The Labute approximate surface area is 110 Å². The van der Waals surface area contributed by atoms with Crippen molar-refractivity contribution in [3.63, 3.8) is 0 Å². The lowest BCUT2D eigenvalue weighted by atomic mass is 9.80. The first-order valence-corrected chi connectivity index (χ1v) is 6.94. The molecular weight excluding hydrogens is 232 g/mol. The average molecular weight is 256 g/mol. The van der Waals surface area contributed by atoms with E-state index in [9.17, 15) is 4.79 Å². The van der Waals surface area contributed by atoms with E-state index < -0.39 is 0 Å². The Morgan fingerprint density at radius 2 is 1.88 bits per heavy atom. The van der Waals surface area contributed by atoms with Gasteiger partial charge in [-0.05, 0) is 37.5 Å². The Balaban J connectivity index is 2.52. The van der Waals surface area contributed by atoms with Crippen molar-refractivity contribution in [1.29, 1.82) is 0 Å². The zero-order chi connectivity index (χ0) is 13.0. The molecule has 17 heavy (non-hydrogen) atoms. The molecule has 0 aromatic heterocycles. The summed E-state index contributed by atoms with van der Waals surface area (Å²) in [7, 11) is 0. The second-order valence-corrected chi connectivity index (χ2v) is 5.96. The van der Waals surface area contributed by atoms with E-state index >= 15 is 0 Å². The van der Waals surface area contributed by atoms with Crippen LogP contribution >= 0.6 is 12.2 Å². The first-order chi connectivity index (χ1) is 7.93. The molecule has 98 valence electrons. The van der Waals surface area contributed by atoms with Crippen LogP contribution in [0.2, 0.25) is 0 Å². The molecule has 1 fully saturated rings. The molecule has 1 aliphatic carbocycles. The Bertz CT molecular complexity index is 283. The van der Waals surface area contributed by atoms with Gasteiger partial charge in [-0.2, -0.15) is 0 Å². The number of carbonyl (C=O) groups excluding carboxylic acids is 1. The Hall–Kier alpha value is -0.640. The number of rotatable bonds is 4. The van der Waals surface area contributed by atoms with Crippen LogP contribution in [0.5, 0.6) is 0 Å². The number of hydrogen-bond donors (Lipinski definition) is 2. The minimum Gasteiger partial charge on any atom is -0.393 e. The zero-order valence-corrected chi connectivity index (χ0v) is 11.8. The summed E-state index contributed by atoms with van der Waals surface area (Å²) in [6.07, 6.45) is 4.09. The Kier molecular flexibility index (Phi) is 5.37. The monoisotopic (exact) mass is 256 g/mol. The quantitative estimate of drug-likeness (QED) is 0.759. The molecule has 1 aliphatic rings. The Morgan fingerprint density at radius 1 is 1.35 bits per heavy atom. The summed E-state index contributed by atoms with van der Waals surface area (Å²) >= 11 is 4.92. The molecule has 0 aromatic carbocycles. The van der Waals surface area contributed by atoms with Crippen molar-refractivity contribution in [3.05, 3.63) is 0 Å². The van der Waals surface area contributed by atoms with Crippen LogP contribution in [0, 0.1) is 17.8 Å². The third-order valence-electron chi connectivity index (χ3n) is 3.59. The summed E-state index contributed by atoms with van der Waals surface area (Å²) in [5, 5.41) is 3.11. The largest absolute Gasteiger partial charge is 0.393 e. The topological polar surface area (TPSA) is 55.1 Å². The number of nitrogens with one attached hydrogen (secondary N) is 1. The molecule has 1 saturated carbocycles. The lowest BCUT2D eigenvalue weighted by Gasteiger charge is -2.32. The molecular formula is C13H24N2OS. The number of amides is 1. The summed E-state index contributed by atoms with van der Waals surface area (Å²) in [5.74, 6) is 1.08. The molecule has 0 aromatic rings. The van der Waals surface area contributed by atoms with E-state index in [1.165, 1.54) is 6.42 Å². The van der Waals surface area contributed by atoms with Gasteiger partial charge < -0.3 is 11.1 Å². The first kappa shape index (κ1) is 14.4. The molecule has 0 saturated heterocycles. The van der Waals surface area contributed by atoms with Crippen LogP contribution < -0.4 is 11.1 Å². The normalized spacial score (nSPS) is 30.6. The second-order valence-electron chi connectivity index (χ2n) is 5.49. The van der Waals surface area contributed by atoms with E-state index in [2.05, 4.69) is 19.2 Å². The third kappa shape index (κ3) is 4.26. The van der Waals surface area contributed by atoms with Crippen LogP contribution in [0.25, 0.3) is 0 Å². The van der Waals surface area contributed by atoms with Crippen molar-refractivity contribution < 1.29 is 4.79 Å². The predicted octanol–water partition coefficient (Wildman–Crippen LogP) is 2.24. The summed E-state index contributed by atoms with van der Waals surface area (Å²) < 4.78 is 0. The van der Waals surface area contributed by atoms with Crippen molar-refractivity contribution in [2.24, 2.45) is 23.5 Å². The first-order valence-electron chi connectivity index (χ1n) is 6.53. The van der Waals surface area contributed by atoms with Crippen LogP contribution in [0.1, 0.15) is 46.5 Å². The minimum atomic E-state index is -0.308. The molecule has 3 unspecified atom stereocenters. The maximum absolute atomic E-state index is 12.0. The highest BCUT2D eigenvalue weighted by atomic mass is 32.1. The number of carbonyl (C=O) groups is 1. The van der Waals surface area contributed by atoms with E-state index in [0.717, 1.165) is 12.8 Å². The smallest absolute Gasteiger partial charge is 0.230 e. The third-order valence-corrected chi connectivity index (χ3v) is 3.88. The van der Waals surface area contributed by atoms with E-state index in [4.69, 9.17) is 18.0 Å². The van der Waals surface area contributed by atoms with Gasteiger partial charge in [0.2, 0.25) is 5.91 Å². The van der Waals surface area contributed by atoms with Crippen molar-refractivity contribution in [2.45, 2.75) is 52.5 Å². The fourth-order valence-electron chi connectivity index (χ4n) is 2.88. The lowest BCUT2D eigenvalue weighted by molar-refractivity contribution is -0.124. The van der Waals surface area contributed by atoms with Crippen molar-refractivity contribution >= 4 is 23.1 Å². The molecule has 0 radical (unpaired) electrons. The molecule has 0 heterocycles. The minimum absolute atomic E-state index is 0.00583. The van der Waals surface area contributed by atoms with Crippen molar-refractivity contribution in [3.8, 4) is 0 Å². The standard InChI is InChI=1S/C13H24N2OS/c1-4-11(12(14)17)13(16)15-10-6-8(2)5-9(3)7-10/h8-11H,4-7H2,1-3H3,(H2,14,17)(H,15,16). The summed E-state index contributed by atoms with van der Waals surface area (Å²) in [5.41, 5.74) is 5.58. The summed E-state index contributed by atoms with van der Waals surface area (Å²) in [4.78, 5) is 12.3. The van der Waals surface area contributed by atoms with E-state index in [1.54, 1.807) is 0 Å². The van der Waals surface area contributed by atoms with Gasteiger partial charge >= 0.3 is 0 Å². The SMILES string of the molecule is CCC(C(=O)NC1CC(C)CC(C)C1)C(N)=S. The fraction of sp³-hybridized carbons (Fsp3) is 0.846. The predicted molar refractivity (Wildman–Crippen MR) is 74.7 cm³/mol.